The summed E-state index contributed by atoms with van der Waals surface area (Å²) in [5.74, 6) is 1.80. The highest BCUT2D eigenvalue weighted by molar-refractivity contribution is 6.14. The minimum absolute atomic E-state index is 0.572. The molecule has 2 heterocycles. The van der Waals surface area contributed by atoms with Gasteiger partial charge in [-0.2, -0.15) is 0 Å². The second-order valence-corrected chi connectivity index (χ2v) is 10.5. The smallest absolute Gasteiger partial charge is 0.164 e. The van der Waals surface area contributed by atoms with Crippen molar-refractivity contribution in [2.24, 2.45) is 0 Å². The van der Waals surface area contributed by atoms with Crippen LogP contribution in [0.5, 0.6) is 0 Å². The van der Waals surface area contributed by atoms with Crippen molar-refractivity contribution in [3.8, 4) is 34.2 Å². The fraction of sp³-hybridized carbons (Fsp3) is 0. The summed E-state index contributed by atoms with van der Waals surface area (Å²) in [5.41, 5.74) is 7.32. The first-order valence-electron chi connectivity index (χ1n) is 14.5. The molecule has 0 saturated carbocycles. The average Bonchev–Trinajstić information content (AvgIpc) is 3.49. The lowest BCUT2D eigenvalue weighted by atomic mass is 10.0. The second kappa shape index (κ2) is 11.0. The number of nitrogens with zero attached hydrogens (tertiary/aromatic N) is 4. The molecule has 0 N–H and O–H groups in total. The van der Waals surface area contributed by atoms with Gasteiger partial charge in [0.05, 0.1) is 11.1 Å². The van der Waals surface area contributed by atoms with E-state index in [2.05, 4.69) is 71.6 Å². The maximum atomic E-state index is 6.51. The van der Waals surface area contributed by atoms with Crippen LogP contribution in [0, 0.1) is 0 Å². The van der Waals surface area contributed by atoms with E-state index in [1.165, 1.54) is 0 Å². The molecular weight excluding hydrogens is 540 g/mol. The highest BCUT2D eigenvalue weighted by Crippen LogP contribution is 2.44. The number of anilines is 3. The van der Waals surface area contributed by atoms with E-state index < -0.39 is 0 Å². The Bertz CT molecular complexity index is 2120. The summed E-state index contributed by atoms with van der Waals surface area (Å²) in [7, 11) is 0. The molecule has 5 nitrogen and oxygen atoms in total. The van der Waals surface area contributed by atoms with Gasteiger partial charge in [-0.1, -0.05) is 115 Å². The van der Waals surface area contributed by atoms with Gasteiger partial charge in [-0.05, 0) is 42.5 Å². The monoisotopic (exact) mass is 566 g/mol. The van der Waals surface area contributed by atoms with Gasteiger partial charge in [-0.25, -0.2) is 15.0 Å². The largest absolute Gasteiger partial charge is 0.456 e. The number of aromatic nitrogens is 3. The summed E-state index contributed by atoms with van der Waals surface area (Å²) in [4.78, 5) is 17.2. The molecule has 0 spiro atoms. The lowest BCUT2D eigenvalue weighted by Crippen LogP contribution is -2.10. The molecular formula is C39H26N4O. The predicted octanol–water partition coefficient (Wildman–Crippen LogP) is 10.2. The first-order chi connectivity index (χ1) is 21.8. The van der Waals surface area contributed by atoms with Crippen LogP contribution in [0.4, 0.5) is 17.1 Å². The molecule has 0 aliphatic carbocycles. The summed E-state index contributed by atoms with van der Waals surface area (Å²) >= 11 is 0. The van der Waals surface area contributed by atoms with E-state index in [4.69, 9.17) is 19.4 Å². The van der Waals surface area contributed by atoms with E-state index in [0.717, 1.165) is 55.7 Å². The number of para-hydroxylation sites is 3. The van der Waals surface area contributed by atoms with E-state index in [-0.39, 0.29) is 0 Å². The molecule has 8 rings (SSSR count). The van der Waals surface area contributed by atoms with Crippen molar-refractivity contribution in [1.29, 1.82) is 0 Å². The van der Waals surface area contributed by atoms with Crippen LogP contribution in [0.1, 0.15) is 0 Å². The highest BCUT2D eigenvalue weighted by Gasteiger charge is 2.22. The van der Waals surface area contributed by atoms with Gasteiger partial charge < -0.3 is 9.32 Å². The number of benzene rings is 6. The highest BCUT2D eigenvalue weighted by atomic mass is 16.3. The summed E-state index contributed by atoms with van der Waals surface area (Å²) in [6.45, 7) is 0. The number of rotatable bonds is 6. The predicted molar refractivity (Wildman–Crippen MR) is 178 cm³/mol. The van der Waals surface area contributed by atoms with E-state index >= 15 is 0 Å². The van der Waals surface area contributed by atoms with Crippen LogP contribution >= 0.6 is 0 Å². The first kappa shape index (κ1) is 25.6. The van der Waals surface area contributed by atoms with Crippen LogP contribution in [0.3, 0.4) is 0 Å². The molecule has 8 aromatic rings. The molecule has 0 aliphatic rings. The van der Waals surface area contributed by atoms with Crippen molar-refractivity contribution in [2.75, 3.05) is 4.90 Å². The minimum Gasteiger partial charge on any atom is -0.456 e. The van der Waals surface area contributed by atoms with Crippen molar-refractivity contribution in [3.05, 3.63) is 158 Å². The van der Waals surface area contributed by atoms with Crippen molar-refractivity contribution >= 4 is 39.0 Å². The lowest BCUT2D eigenvalue weighted by molar-refractivity contribution is 0.669. The molecule has 0 unspecified atom stereocenters. The second-order valence-electron chi connectivity index (χ2n) is 10.5. The Morgan fingerprint density at radius 1 is 0.409 bits per heavy atom. The summed E-state index contributed by atoms with van der Waals surface area (Å²) in [5, 5.41) is 2.07. The third kappa shape index (κ3) is 4.67. The van der Waals surface area contributed by atoms with Crippen LogP contribution < -0.4 is 4.90 Å². The fourth-order valence-electron chi connectivity index (χ4n) is 5.66. The molecule has 0 amide bonds. The molecule has 0 aliphatic heterocycles. The first-order valence-corrected chi connectivity index (χ1v) is 14.5. The van der Waals surface area contributed by atoms with E-state index in [9.17, 15) is 0 Å². The van der Waals surface area contributed by atoms with Gasteiger partial charge >= 0.3 is 0 Å². The Morgan fingerprint density at radius 2 is 0.864 bits per heavy atom. The molecule has 44 heavy (non-hydrogen) atoms. The molecule has 6 aromatic carbocycles. The molecule has 5 heteroatoms. The summed E-state index contributed by atoms with van der Waals surface area (Å²) in [6.07, 6.45) is 0. The molecule has 2 aromatic heterocycles. The quantitative estimate of drug-likeness (QED) is 0.200. The van der Waals surface area contributed by atoms with Crippen LogP contribution in [-0.4, -0.2) is 15.0 Å². The molecule has 0 fully saturated rings. The van der Waals surface area contributed by atoms with Gasteiger partial charge in [0.25, 0.3) is 0 Å². The lowest BCUT2D eigenvalue weighted by Gasteiger charge is -2.26. The van der Waals surface area contributed by atoms with Crippen molar-refractivity contribution < 1.29 is 4.42 Å². The molecule has 0 bridgehead atoms. The molecule has 0 radical (unpaired) electrons. The molecule has 0 saturated heterocycles. The number of furan rings is 1. The Morgan fingerprint density at radius 3 is 1.41 bits per heavy atom. The van der Waals surface area contributed by atoms with Crippen LogP contribution in [0.2, 0.25) is 0 Å². The zero-order valence-electron chi connectivity index (χ0n) is 23.7. The van der Waals surface area contributed by atoms with Crippen molar-refractivity contribution in [2.45, 2.75) is 0 Å². The average molecular weight is 567 g/mol. The third-order valence-electron chi connectivity index (χ3n) is 7.68. The van der Waals surface area contributed by atoms with Crippen LogP contribution in [-0.2, 0) is 0 Å². The topological polar surface area (TPSA) is 55.1 Å². The summed E-state index contributed by atoms with van der Waals surface area (Å²) < 4.78 is 6.51. The van der Waals surface area contributed by atoms with E-state index in [0.29, 0.717) is 17.5 Å². The fourth-order valence-corrected chi connectivity index (χ4v) is 5.66. The maximum Gasteiger partial charge on any atom is 0.164 e. The van der Waals surface area contributed by atoms with Gasteiger partial charge in [-0.15, -0.1) is 0 Å². The van der Waals surface area contributed by atoms with Crippen molar-refractivity contribution in [3.63, 3.8) is 0 Å². The standard InChI is InChI=1S/C39H26N4O/c1-5-15-27(16-6-1)37-40-38(28-17-7-2-8-18-28)42-39(41-37)29-25-33(36-32-23-13-14-24-34(32)44-35(36)26-29)43(30-19-9-3-10-20-30)31-21-11-4-12-22-31/h1-26H. The maximum absolute atomic E-state index is 6.51. The zero-order chi connectivity index (χ0) is 29.3. The normalized spacial score (nSPS) is 11.2. The zero-order valence-corrected chi connectivity index (χ0v) is 23.7. The Kier molecular flexibility index (Phi) is 6.39. The Labute approximate surface area is 254 Å². The van der Waals surface area contributed by atoms with Gasteiger partial charge in [0.15, 0.2) is 17.5 Å². The Balaban J connectivity index is 1.43. The van der Waals surface area contributed by atoms with Gasteiger partial charge in [0, 0.05) is 33.5 Å². The SMILES string of the molecule is c1ccc(-c2nc(-c3ccccc3)nc(-c3cc(N(c4ccccc4)c4ccccc4)c4c(c3)oc3ccccc34)n2)cc1. The van der Waals surface area contributed by atoms with Crippen LogP contribution in [0.15, 0.2) is 162 Å². The summed E-state index contributed by atoms with van der Waals surface area (Å²) in [6, 6.07) is 53.3. The molecule has 0 atom stereocenters. The van der Waals surface area contributed by atoms with Crippen molar-refractivity contribution in [1.82, 2.24) is 15.0 Å². The van der Waals surface area contributed by atoms with E-state index in [1.54, 1.807) is 0 Å². The van der Waals surface area contributed by atoms with Gasteiger partial charge in [0.1, 0.15) is 11.2 Å². The number of fused-ring (bicyclic) bond motifs is 3. The number of hydrogen-bond acceptors (Lipinski definition) is 5. The third-order valence-corrected chi connectivity index (χ3v) is 7.68. The minimum atomic E-state index is 0.572. The molecule has 208 valence electrons. The Hall–Kier alpha value is -6.07. The van der Waals surface area contributed by atoms with Crippen LogP contribution in [0.25, 0.3) is 56.1 Å². The van der Waals surface area contributed by atoms with Gasteiger partial charge in [-0.3, -0.25) is 0 Å². The van der Waals surface area contributed by atoms with E-state index in [1.807, 2.05) is 91.0 Å². The number of hydrogen-bond donors (Lipinski definition) is 0. The van der Waals surface area contributed by atoms with Gasteiger partial charge in [0.2, 0.25) is 0 Å².